The van der Waals surface area contributed by atoms with E-state index in [2.05, 4.69) is 15.1 Å². The van der Waals surface area contributed by atoms with Gasteiger partial charge in [0.1, 0.15) is 11.5 Å². The van der Waals surface area contributed by atoms with Crippen LogP contribution in [0, 0.1) is 6.92 Å². The number of carbonyl (C=O) groups is 1. The maximum Gasteiger partial charge on any atom is 0.337 e. The maximum atomic E-state index is 11.6. The molecular formula is C23H22N4O5S. The number of anilines is 2. The van der Waals surface area contributed by atoms with Crippen LogP contribution >= 0.6 is 0 Å². The Kier molecular flexibility index (Phi) is 6.03. The Morgan fingerprint density at radius 3 is 2.39 bits per heavy atom. The molecule has 0 unspecified atom stereocenters. The van der Waals surface area contributed by atoms with Gasteiger partial charge < -0.3 is 15.2 Å². The van der Waals surface area contributed by atoms with Gasteiger partial charge in [-0.25, -0.2) is 22.4 Å². The van der Waals surface area contributed by atoms with E-state index in [9.17, 15) is 18.3 Å². The van der Waals surface area contributed by atoms with Gasteiger partial charge in [0.05, 0.1) is 29.2 Å². The summed E-state index contributed by atoms with van der Waals surface area (Å²) < 4.78 is 33.0. The molecule has 0 bridgehead atoms. The van der Waals surface area contributed by atoms with E-state index < -0.39 is 16.0 Å². The molecule has 0 saturated carbocycles. The van der Waals surface area contributed by atoms with Crippen molar-refractivity contribution in [2.24, 2.45) is 0 Å². The first kappa shape index (κ1) is 22.3. The van der Waals surface area contributed by atoms with Crippen molar-refractivity contribution in [1.29, 1.82) is 0 Å². The smallest absolute Gasteiger partial charge is 0.337 e. The van der Waals surface area contributed by atoms with E-state index in [4.69, 9.17) is 4.74 Å². The average Bonchev–Trinajstić information content (AvgIpc) is 3.12. The fourth-order valence-electron chi connectivity index (χ4n) is 3.40. The first-order chi connectivity index (χ1) is 15.7. The zero-order chi connectivity index (χ0) is 23.6. The Hall–Kier alpha value is -3.89. The predicted octanol–water partition coefficient (Wildman–Crippen LogP) is 3.93. The molecule has 3 N–H and O–H groups in total. The highest BCUT2D eigenvalue weighted by atomic mass is 32.2. The normalized spacial score (nSPS) is 11.5. The maximum absolute atomic E-state index is 11.6. The van der Waals surface area contributed by atoms with Gasteiger partial charge in [0, 0.05) is 24.0 Å². The van der Waals surface area contributed by atoms with Crippen molar-refractivity contribution in [2.75, 3.05) is 11.6 Å². The molecule has 4 aromatic rings. The number of carboxylic acid groups (broad SMARTS) is 1. The van der Waals surface area contributed by atoms with Crippen molar-refractivity contribution in [3.05, 3.63) is 83.7 Å². The second-order valence-corrected chi connectivity index (χ2v) is 9.30. The van der Waals surface area contributed by atoms with Gasteiger partial charge in [-0.2, -0.15) is 5.10 Å². The number of aromatic nitrogens is 2. The monoisotopic (exact) mass is 466 g/mol. The van der Waals surface area contributed by atoms with E-state index in [-0.39, 0.29) is 12.1 Å². The van der Waals surface area contributed by atoms with Crippen molar-refractivity contribution in [2.45, 2.75) is 13.5 Å². The number of carboxylic acids is 1. The second-order valence-electron chi connectivity index (χ2n) is 7.47. The Labute approximate surface area is 190 Å². The predicted molar refractivity (Wildman–Crippen MR) is 125 cm³/mol. The van der Waals surface area contributed by atoms with Crippen molar-refractivity contribution < 1.29 is 23.1 Å². The number of rotatable bonds is 8. The molecule has 0 aliphatic rings. The second kappa shape index (κ2) is 8.93. The number of ether oxygens (including phenoxy) is 1. The summed E-state index contributed by atoms with van der Waals surface area (Å²) in [6.07, 6.45) is 4.01. The Morgan fingerprint density at radius 1 is 1.09 bits per heavy atom. The average molecular weight is 467 g/mol. The summed E-state index contributed by atoms with van der Waals surface area (Å²) >= 11 is 0. The van der Waals surface area contributed by atoms with E-state index in [1.165, 1.54) is 16.9 Å². The minimum atomic E-state index is -3.44. The van der Waals surface area contributed by atoms with Crippen LogP contribution in [-0.4, -0.2) is 35.4 Å². The number of sulfonamides is 1. The summed E-state index contributed by atoms with van der Waals surface area (Å²) in [4.78, 5) is 11.6. The lowest BCUT2D eigenvalue weighted by Crippen LogP contribution is -2.22. The first-order valence-corrected chi connectivity index (χ1v) is 11.9. The fraction of sp³-hybridized carbons (Fsp3) is 0.130. The number of aryl methyl sites for hydroxylation is 1. The number of nitrogens with zero attached hydrogens (tertiary/aromatic N) is 2. The number of hydrogen-bond donors (Lipinski definition) is 3. The van der Waals surface area contributed by atoms with Gasteiger partial charge in [-0.05, 0) is 48.9 Å². The van der Waals surface area contributed by atoms with Crippen LogP contribution in [-0.2, 0) is 16.6 Å². The zero-order valence-corrected chi connectivity index (χ0v) is 18.8. The molecule has 0 amide bonds. The Bertz CT molecular complexity index is 1420. The third-order valence-electron chi connectivity index (χ3n) is 4.99. The van der Waals surface area contributed by atoms with Crippen molar-refractivity contribution in [3.8, 4) is 11.5 Å². The molecule has 4 rings (SSSR count). The number of benzene rings is 2. The van der Waals surface area contributed by atoms with Gasteiger partial charge >= 0.3 is 5.97 Å². The van der Waals surface area contributed by atoms with Crippen LogP contribution in [0.5, 0.6) is 11.5 Å². The summed E-state index contributed by atoms with van der Waals surface area (Å²) in [6, 6.07) is 16.6. The van der Waals surface area contributed by atoms with E-state index in [1.807, 2.05) is 42.5 Å². The Morgan fingerprint density at radius 2 is 1.76 bits per heavy atom. The summed E-state index contributed by atoms with van der Waals surface area (Å²) in [5.74, 6) is 0.299. The van der Waals surface area contributed by atoms with E-state index in [1.54, 1.807) is 19.1 Å². The molecule has 170 valence electrons. The standard InChI is InChI=1S/C23H22N4O5S/c1-15-20(23(28)29)14-27-22(15)21(16(12-24-27)13-25-33(2,30)31)26-17-8-10-19(11-9-17)32-18-6-4-3-5-7-18/h3-12,14,25-26H,13H2,1-2H3,(H,28,29). The molecule has 0 aliphatic heterocycles. The molecule has 0 radical (unpaired) electrons. The SMILES string of the molecule is Cc1c(C(=O)O)cn2ncc(CNS(C)(=O)=O)c(Nc3ccc(Oc4ccccc4)cc3)c12. The summed E-state index contributed by atoms with van der Waals surface area (Å²) in [6.45, 7) is 1.68. The van der Waals surface area contributed by atoms with Gasteiger partial charge in [0.2, 0.25) is 10.0 Å². The highest BCUT2D eigenvalue weighted by Gasteiger charge is 2.19. The van der Waals surface area contributed by atoms with E-state index in [0.29, 0.717) is 39.5 Å². The zero-order valence-electron chi connectivity index (χ0n) is 17.9. The van der Waals surface area contributed by atoms with Crippen LogP contribution in [0.4, 0.5) is 11.4 Å². The molecule has 10 heteroatoms. The van der Waals surface area contributed by atoms with Crippen LogP contribution in [0.1, 0.15) is 21.5 Å². The number of para-hydroxylation sites is 1. The molecule has 2 aromatic heterocycles. The molecule has 9 nitrogen and oxygen atoms in total. The fourth-order valence-corrected chi connectivity index (χ4v) is 3.82. The molecule has 0 spiro atoms. The molecule has 0 atom stereocenters. The largest absolute Gasteiger partial charge is 0.478 e. The first-order valence-electron chi connectivity index (χ1n) is 9.99. The molecule has 0 fully saturated rings. The van der Waals surface area contributed by atoms with Gasteiger partial charge in [0.25, 0.3) is 0 Å². The highest BCUT2D eigenvalue weighted by molar-refractivity contribution is 7.88. The van der Waals surface area contributed by atoms with Crippen LogP contribution in [0.2, 0.25) is 0 Å². The third kappa shape index (κ3) is 5.13. The van der Waals surface area contributed by atoms with Crippen LogP contribution in [0.3, 0.4) is 0 Å². The number of aromatic carboxylic acids is 1. The van der Waals surface area contributed by atoms with Gasteiger partial charge in [-0.1, -0.05) is 18.2 Å². The van der Waals surface area contributed by atoms with Crippen molar-refractivity contribution in [3.63, 3.8) is 0 Å². The van der Waals surface area contributed by atoms with Crippen molar-refractivity contribution >= 4 is 32.9 Å². The lowest BCUT2D eigenvalue weighted by atomic mass is 10.1. The summed E-state index contributed by atoms with van der Waals surface area (Å²) in [5.41, 5.74) is 3.01. The topological polar surface area (TPSA) is 122 Å². The van der Waals surface area contributed by atoms with Crippen LogP contribution < -0.4 is 14.8 Å². The number of hydrogen-bond acceptors (Lipinski definition) is 6. The minimum absolute atomic E-state index is 0.00705. The number of fused-ring (bicyclic) bond motifs is 1. The minimum Gasteiger partial charge on any atom is -0.478 e. The third-order valence-corrected chi connectivity index (χ3v) is 5.66. The number of nitrogens with one attached hydrogen (secondary N) is 2. The lowest BCUT2D eigenvalue weighted by molar-refractivity contribution is 0.0696. The molecule has 2 heterocycles. The van der Waals surface area contributed by atoms with E-state index in [0.717, 1.165) is 6.26 Å². The molecular weight excluding hydrogens is 444 g/mol. The Balaban J connectivity index is 1.70. The highest BCUT2D eigenvalue weighted by Crippen LogP contribution is 2.31. The van der Waals surface area contributed by atoms with Crippen LogP contribution in [0.25, 0.3) is 5.52 Å². The molecule has 2 aromatic carbocycles. The molecule has 0 saturated heterocycles. The van der Waals surface area contributed by atoms with Gasteiger partial charge in [-0.3, -0.25) is 0 Å². The van der Waals surface area contributed by atoms with Crippen molar-refractivity contribution in [1.82, 2.24) is 14.3 Å². The summed E-state index contributed by atoms with van der Waals surface area (Å²) in [5, 5.41) is 17.1. The molecule has 0 aliphatic carbocycles. The summed E-state index contributed by atoms with van der Waals surface area (Å²) in [7, 11) is -3.44. The van der Waals surface area contributed by atoms with E-state index >= 15 is 0 Å². The lowest BCUT2D eigenvalue weighted by Gasteiger charge is -2.15. The van der Waals surface area contributed by atoms with Crippen LogP contribution in [0.15, 0.2) is 67.0 Å². The quantitative estimate of drug-likeness (QED) is 0.360. The van der Waals surface area contributed by atoms with Gasteiger partial charge in [0.15, 0.2) is 0 Å². The van der Waals surface area contributed by atoms with Gasteiger partial charge in [-0.15, -0.1) is 0 Å². The molecule has 33 heavy (non-hydrogen) atoms.